The van der Waals surface area contributed by atoms with Crippen LogP contribution in [-0.2, 0) is 33.8 Å². The average molecular weight is 404 g/mol. The van der Waals surface area contributed by atoms with Gasteiger partial charge in [0.1, 0.15) is 0 Å². The van der Waals surface area contributed by atoms with E-state index in [1.807, 2.05) is 30.5 Å². The predicted octanol–water partition coefficient (Wildman–Crippen LogP) is 2.48. The molecule has 1 aliphatic heterocycles. The molecular formula is C21H29N3O3S. The maximum absolute atomic E-state index is 12.0. The molecule has 0 aliphatic carbocycles. The highest BCUT2D eigenvalue weighted by atomic mass is 32.1. The third-order valence-electron chi connectivity index (χ3n) is 4.71. The maximum Gasteiger partial charge on any atom is 0.311 e. The summed E-state index contributed by atoms with van der Waals surface area (Å²) in [5.74, 6) is -0.183. The Labute approximate surface area is 170 Å². The van der Waals surface area contributed by atoms with Crippen molar-refractivity contribution in [2.75, 3.05) is 39.5 Å². The second kappa shape index (κ2) is 11.1. The lowest BCUT2D eigenvalue weighted by Crippen LogP contribution is -2.37. The Bertz CT molecular complexity index is 795. The molecule has 6 nitrogen and oxygen atoms in total. The largest absolute Gasteiger partial charge is 0.466 e. The average Bonchev–Trinajstić information content (AvgIpc) is 3.09. The van der Waals surface area contributed by atoms with Gasteiger partial charge in [-0.25, -0.2) is 0 Å². The Hall–Kier alpha value is -1.96. The molecule has 0 atom stereocenters. The van der Waals surface area contributed by atoms with Gasteiger partial charge in [-0.2, -0.15) is 0 Å². The minimum absolute atomic E-state index is 0.183. The van der Waals surface area contributed by atoms with Gasteiger partial charge in [-0.05, 0) is 18.9 Å². The minimum Gasteiger partial charge on any atom is -0.466 e. The van der Waals surface area contributed by atoms with Crippen molar-refractivity contribution in [1.29, 1.82) is 0 Å². The van der Waals surface area contributed by atoms with Crippen LogP contribution < -0.4 is 4.80 Å². The van der Waals surface area contributed by atoms with Crippen LogP contribution in [0.2, 0.25) is 0 Å². The Morgan fingerprint density at radius 3 is 2.75 bits per heavy atom. The van der Waals surface area contributed by atoms with Crippen LogP contribution in [-0.4, -0.2) is 54.9 Å². The zero-order valence-electron chi connectivity index (χ0n) is 16.5. The molecule has 3 rings (SSSR count). The number of nitrogens with zero attached hydrogens (tertiary/aromatic N) is 3. The highest BCUT2D eigenvalue weighted by Gasteiger charge is 2.13. The third-order valence-corrected chi connectivity index (χ3v) is 5.66. The molecule has 0 radical (unpaired) electrons. The van der Waals surface area contributed by atoms with Crippen molar-refractivity contribution in [2.45, 2.75) is 32.9 Å². The van der Waals surface area contributed by atoms with Crippen molar-refractivity contribution in [2.24, 2.45) is 4.99 Å². The van der Waals surface area contributed by atoms with E-state index in [2.05, 4.69) is 21.6 Å². The number of esters is 1. The molecule has 2 aromatic rings. The molecule has 0 N–H and O–H groups in total. The monoisotopic (exact) mass is 403 g/mol. The molecule has 0 saturated carbocycles. The molecule has 1 fully saturated rings. The van der Waals surface area contributed by atoms with Crippen molar-refractivity contribution in [1.82, 2.24) is 9.47 Å². The highest BCUT2D eigenvalue weighted by Crippen LogP contribution is 2.08. The molecule has 152 valence electrons. The quantitative estimate of drug-likeness (QED) is 0.604. The summed E-state index contributed by atoms with van der Waals surface area (Å²) in [5.41, 5.74) is 2.17. The lowest BCUT2D eigenvalue weighted by atomic mass is 10.2. The Kier molecular flexibility index (Phi) is 8.26. The first kappa shape index (κ1) is 20.8. The zero-order chi connectivity index (χ0) is 19.6. The number of carbonyl (C=O) groups excluding carboxylic acids is 1. The van der Waals surface area contributed by atoms with E-state index in [9.17, 15) is 4.79 Å². The van der Waals surface area contributed by atoms with Crippen LogP contribution in [0.25, 0.3) is 0 Å². The van der Waals surface area contributed by atoms with Gasteiger partial charge < -0.3 is 14.0 Å². The third kappa shape index (κ3) is 6.29. The number of ether oxygens (including phenoxy) is 2. The number of morpholine rings is 1. The fourth-order valence-corrected chi connectivity index (χ4v) is 4.18. The summed E-state index contributed by atoms with van der Waals surface area (Å²) in [6.07, 6.45) is 1.31. The van der Waals surface area contributed by atoms with Gasteiger partial charge >= 0.3 is 5.97 Å². The molecule has 7 heteroatoms. The normalized spacial score (nSPS) is 15.7. The molecule has 0 spiro atoms. The first-order chi connectivity index (χ1) is 13.8. The molecule has 1 saturated heterocycles. The summed E-state index contributed by atoms with van der Waals surface area (Å²) >= 11 is 1.60. The fourth-order valence-electron chi connectivity index (χ4n) is 3.25. The van der Waals surface area contributed by atoms with Gasteiger partial charge in [0, 0.05) is 37.3 Å². The number of hydrogen-bond acceptors (Lipinski definition) is 6. The fraction of sp³-hybridized carbons (Fsp3) is 0.524. The van der Waals surface area contributed by atoms with Crippen LogP contribution >= 0.6 is 11.3 Å². The van der Waals surface area contributed by atoms with Gasteiger partial charge in [0.25, 0.3) is 0 Å². The summed E-state index contributed by atoms with van der Waals surface area (Å²) in [5, 5.41) is 2.04. The van der Waals surface area contributed by atoms with Crippen LogP contribution in [0.5, 0.6) is 0 Å². The first-order valence-electron chi connectivity index (χ1n) is 9.93. The number of benzene rings is 1. The highest BCUT2D eigenvalue weighted by molar-refractivity contribution is 7.07. The van der Waals surface area contributed by atoms with E-state index < -0.39 is 0 Å². The van der Waals surface area contributed by atoms with Gasteiger partial charge in [-0.3, -0.25) is 14.7 Å². The topological polar surface area (TPSA) is 56.1 Å². The number of carbonyl (C=O) groups is 1. The SMILES string of the molecule is CCOC(=O)Cc1csc(=NCc2ccccc2)n1CCCN1CCOCC1. The van der Waals surface area contributed by atoms with Crippen LogP contribution in [0.4, 0.5) is 0 Å². The first-order valence-corrected chi connectivity index (χ1v) is 10.8. The number of thiazole rings is 1. The van der Waals surface area contributed by atoms with E-state index in [0.29, 0.717) is 19.6 Å². The molecule has 0 amide bonds. The van der Waals surface area contributed by atoms with Crippen molar-refractivity contribution in [3.8, 4) is 0 Å². The molecule has 1 aliphatic rings. The minimum atomic E-state index is -0.183. The van der Waals surface area contributed by atoms with Crippen LogP contribution in [0, 0.1) is 0 Å². The Balaban J connectivity index is 1.70. The van der Waals surface area contributed by atoms with Crippen molar-refractivity contribution < 1.29 is 14.3 Å². The van der Waals surface area contributed by atoms with E-state index in [4.69, 9.17) is 14.5 Å². The van der Waals surface area contributed by atoms with Crippen molar-refractivity contribution in [3.63, 3.8) is 0 Å². The summed E-state index contributed by atoms with van der Waals surface area (Å²) in [7, 11) is 0. The number of rotatable bonds is 9. The summed E-state index contributed by atoms with van der Waals surface area (Å²) in [4.78, 5) is 20.2. The lowest BCUT2D eigenvalue weighted by molar-refractivity contribution is -0.142. The lowest BCUT2D eigenvalue weighted by Gasteiger charge is -2.26. The molecule has 0 bridgehead atoms. The van der Waals surface area contributed by atoms with E-state index in [0.717, 1.165) is 56.3 Å². The van der Waals surface area contributed by atoms with E-state index in [1.54, 1.807) is 11.3 Å². The zero-order valence-corrected chi connectivity index (χ0v) is 17.3. The summed E-state index contributed by atoms with van der Waals surface area (Å²) < 4.78 is 12.7. The molecular weight excluding hydrogens is 374 g/mol. The van der Waals surface area contributed by atoms with Gasteiger partial charge in [0.15, 0.2) is 4.80 Å². The van der Waals surface area contributed by atoms with Gasteiger partial charge in [-0.15, -0.1) is 11.3 Å². The van der Waals surface area contributed by atoms with Crippen LogP contribution in [0.3, 0.4) is 0 Å². The second-order valence-electron chi connectivity index (χ2n) is 6.75. The van der Waals surface area contributed by atoms with E-state index in [1.165, 1.54) is 5.56 Å². The van der Waals surface area contributed by atoms with Crippen molar-refractivity contribution >= 4 is 17.3 Å². The number of hydrogen-bond donors (Lipinski definition) is 0. The standard InChI is InChI=1S/C21H29N3O3S/c1-2-27-20(25)15-19-17-28-21(22-16-18-7-4-3-5-8-18)24(19)10-6-9-23-11-13-26-14-12-23/h3-5,7-8,17H,2,6,9-16H2,1H3. The van der Waals surface area contributed by atoms with Crippen LogP contribution in [0.1, 0.15) is 24.6 Å². The molecule has 2 heterocycles. The van der Waals surface area contributed by atoms with Crippen LogP contribution in [0.15, 0.2) is 40.7 Å². The van der Waals surface area contributed by atoms with Crippen molar-refractivity contribution in [3.05, 3.63) is 51.8 Å². The predicted molar refractivity (Wildman–Crippen MR) is 110 cm³/mol. The van der Waals surface area contributed by atoms with E-state index >= 15 is 0 Å². The smallest absolute Gasteiger partial charge is 0.311 e. The molecule has 0 unspecified atom stereocenters. The van der Waals surface area contributed by atoms with Gasteiger partial charge in [0.2, 0.25) is 0 Å². The Morgan fingerprint density at radius 2 is 2.00 bits per heavy atom. The molecule has 1 aromatic carbocycles. The van der Waals surface area contributed by atoms with E-state index in [-0.39, 0.29) is 5.97 Å². The molecule has 28 heavy (non-hydrogen) atoms. The summed E-state index contributed by atoms with van der Waals surface area (Å²) in [6, 6.07) is 10.2. The van der Waals surface area contributed by atoms with Gasteiger partial charge in [-0.1, -0.05) is 30.3 Å². The Morgan fingerprint density at radius 1 is 1.21 bits per heavy atom. The summed E-state index contributed by atoms with van der Waals surface area (Å²) in [6.45, 7) is 8.39. The molecule has 1 aromatic heterocycles. The maximum atomic E-state index is 12.0. The second-order valence-corrected chi connectivity index (χ2v) is 7.59. The van der Waals surface area contributed by atoms with Gasteiger partial charge in [0.05, 0.1) is 32.8 Å². The number of aromatic nitrogens is 1.